The number of benzene rings is 1. The number of thiazole rings is 1. The molecule has 3 nitrogen and oxygen atoms in total. The number of hydrogen-bond acceptors (Lipinski definition) is 4. The number of rotatable bonds is 1. The van der Waals surface area contributed by atoms with Crippen molar-refractivity contribution in [3.05, 3.63) is 29.3 Å². The molecule has 0 atom stereocenters. The molecule has 0 bridgehead atoms. The van der Waals surface area contributed by atoms with Gasteiger partial charge in [-0.2, -0.15) is 0 Å². The lowest BCUT2D eigenvalue weighted by Gasteiger charge is -2.31. The van der Waals surface area contributed by atoms with Gasteiger partial charge in [-0.3, -0.25) is 0 Å². The van der Waals surface area contributed by atoms with Crippen LogP contribution in [0.3, 0.4) is 0 Å². The van der Waals surface area contributed by atoms with Crippen molar-refractivity contribution >= 4 is 21.6 Å². The van der Waals surface area contributed by atoms with Crippen LogP contribution in [0, 0.1) is 0 Å². The first-order valence-corrected chi connectivity index (χ1v) is 6.32. The highest BCUT2D eigenvalue weighted by molar-refractivity contribution is 7.18. The zero-order valence-electron chi connectivity index (χ0n) is 8.98. The summed E-state index contributed by atoms with van der Waals surface area (Å²) in [4.78, 5) is 4.65. The highest BCUT2D eigenvalue weighted by Gasteiger charge is 2.33. The molecule has 1 fully saturated rings. The topological polar surface area (TPSA) is 48.1 Å². The Balaban J connectivity index is 2.04. The largest absolute Gasteiger partial charge is 0.381 e. The van der Waals surface area contributed by atoms with Crippen molar-refractivity contribution in [2.45, 2.75) is 18.4 Å². The molecule has 0 radical (unpaired) electrons. The summed E-state index contributed by atoms with van der Waals surface area (Å²) in [6.07, 6.45) is 1.74. The first-order valence-electron chi connectivity index (χ1n) is 5.51. The maximum absolute atomic E-state index is 6.41. The van der Waals surface area contributed by atoms with Gasteiger partial charge in [0.25, 0.3) is 0 Å². The van der Waals surface area contributed by atoms with E-state index in [1.165, 1.54) is 4.70 Å². The highest BCUT2D eigenvalue weighted by Crippen LogP contribution is 2.34. The fourth-order valence-corrected chi connectivity index (χ4v) is 3.16. The van der Waals surface area contributed by atoms with Crippen molar-refractivity contribution in [3.8, 4) is 0 Å². The maximum atomic E-state index is 6.41. The number of nitrogens with zero attached hydrogens (tertiary/aromatic N) is 1. The van der Waals surface area contributed by atoms with Crippen LogP contribution in [0.25, 0.3) is 10.2 Å². The predicted molar refractivity (Wildman–Crippen MR) is 65.5 cm³/mol. The lowest BCUT2D eigenvalue weighted by atomic mass is 9.92. The molecule has 3 rings (SSSR count). The van der Waals surface area contributed by atoms with Crippen molar-refractivity contribution in [2.24, 2.45) is 5.73 Å². The van der Waals surface area contributed by atoms with Crippen molar-refractivity contribution in [1.82, 2.24) is 4.98 Å². The van der Waals surface area contributed by atoms with Gasteiger partial charge in [-0.05, 0) is 25.0 Å². The summed E-state index contributed by atoms with van der Waals surface area (Å²) < 4.78 is 6.57. The first-order chi connectivity index (χ1) is 7.78. The Hall–Kier alpha value is -0.970. The number of fused-ring (bicyclic) bond motifs is 1. The highest BCUT2D eigenvalue weighted by atomic mass is 32.1. The van der Waals surface area contributed by atoms with Crippen LogP contribution in [0.2, 0.25) is 0 Å². The Labute approximate surface area is 98.2 Å². The van der Waals surface area contributed by atoms with Crippen LogP contribution < -0.4 is 5.73 Å². The molecule has 1 saturated heterocycles. The first kappa shape index (κ1) is 10.2. The van der Waals surface area contributed by atoms with E-state index in [0.717, 1.165) is 36.6 Å². The van der Waals surface area contributed by atoms with Gasteiger partial charge in [-0.25, -0.2) is 4.98 Å². The lowest BCUT2D eigenvalue weighted by molar-refractivity contribution is 0.0522. The minimum absolute atomic E-state index is 0.276. The summed E-state index contributed by atoms with van der Waals surface area (Å²) in [6.45, 7) is 1.48. The normalized spacial score (nSPS) is 20.1. The molecule has 1 aliphatic heterocycles. The van der Waals surface area contributed by atoms with Gasteiger partial charge in [0.05, 0.1) is 15.8 Å². The molecule has 1 aliphatic rings. The monoisotopic (exact) mass is 234 g/mol. The van der Waals surface area contributed by atoms with Crippen LogP contribution in [0.15, 0.2) is 24.3 Å². The van der Waals surface area contributed by atoms with Crippen LogP contribution in [-0.2, 0) is 10.3 Å². The van der Waals surface area contributed by atoms with Gasteiger partial charge in [-0.1, -0.05) is 12.1 Å². The molecular weight excluding hydrogens is 220 g/mol. The molecule has 0 unspecified atom stereocenters. The predicted octanol–water partition coefficient (Wildman–Crippen LogP) is 2.26. The number of aromatic nitrogens is 1. The van der Waals surface area contributed by atoms with Crippen molar-refractivity contribution in [2.75, 3.05) is 13.2 Å². The summed E-state index contributed by atoms with van der Waals surface area (Å²) in [5, 5.41) is 1.05. The second kappa shape index (κ2) is 3.80. The molecule has 0 spiro atoms. The van der Waals surface area contributed by atoms with Gasteiger partial charge in [0, 0.05) is 13.2 Å². The Bertz CT molecular complexity index is 469. The summed E-state index contributed by atoms with van der Waals surface area (Å²) in [5.74, 6) is 0. The van der Waals surface area contributed by atoms with E-state index >= 15 is 0 Å². The zero-order valence-corrected chi connectivity index (χ0v) is 9.80. The van der Waals surface area contributed by atoms with E-state index in [2.05, 4.69) is 11.1 Å². The van der Waals surface area contributed by atoms with Crippen molar-refractivity contribution in [1.29, 1.82) is 0 Å². The van der Waals surface area contributed by atoms with E-state index in [1.807, 2.05) is 18.2 Å². The molecule has 2 heterocycles. The Morgan fingerprint density at radius 1 is 1.25 bits per heavy atom. The molecule has 2 N–H and O–H groups in total. The van der Waals surface area contributed by atoms with Crippen LogP contribution >= 0.6 is 11.3 Å². The second-order valence-electron chi connectivity index (χ2n) is 4.26. The molecule has 1 aromatic carbocycles. The minimum Gasteiger partial charge on any atom is -0.381 e. The van der Waals surface area contributed by atoms with Crippen molar-refractivity contribution in [3.63, 3.8) is 0 Å². The molecule has 84 valence electrons. The molecule has 2 aromatic rings. The Morgan fingerprint density at radius 3 is 2.75 bits per heavy atom. The number of nitrogens with two attached hydrogens (primary N) is 1. The fourth-order valence-electron chi connectivity index (χ4n) is 2.03. The van der Waals surface area contributed by atoms with Gasteiger partial charge in [0.2, 0.25) is 0 Å². The van der Waals surface area contributed by atoms with Gasteiger partial charge in [-0.15, -0.1) is 11.3 Å². The number of para-hydroxylation sites is 1. The maximum Gasteiger partial charge on any atom is 0.114 e. The Kier molecular flexibility index (Phi) is 2.42. The van der Waals surface area contributed by atoms with E-state index in [1.54, 1.807) is 11.3 Å². The standard InChI is InChI=1S/C12H14N2OS/c13-12(5-7-15-8-6-12)11-14-9-3-1-2-4-10(9)16-11/h1-4H,5-8,13H2. The van der Waals surface area contributed by atoms with Crippen LogP contribution in [0.1, 0.15) is 17.8 Å². The van der Waals surface area contributed by atoms with Crippen molar-refractivity contribution < 1.29 is 4.74 Å². The minimum atomic E-state index is -0.276. The van der Waals surface area contributed by atoms with E-state index < -0.39 is 0 Å². The van der Waals surface area contributed by atoms with Gasteiger partial charge < -0.3 is 10.5 Å². The molecule has 0 aliphatic carbocycles. The molecule has 16 heavy (non-hydrogen) atoms. The zero-order chi connectivity index (χ0) is 11.0. The van der Waals surface area contributed by atoms with Crippen LogP contribution in [-0.4, -0.2) is 18.2 Å². The van der Waals surface area contributed by atoms with E-state index in [-0.39, 0.29) is 5.54 Å². The SMILES string of the molecule is NC1(c2nc3ccccc3s2)CCOCC1. The lowest BCUT2D eigenvalue weighted by Crippen LogP contribution is -2.42. The molecule has 0 saturated carbocycles. The fraction of sp³-hybridized carbons (Fsp3) is 0.417. The third-order valence-electron chi connectivity index (χ3n) is 3.10. The molecular formula is C12H14N2OS. The van der Waals surface area contributed by atoms with Crippen LogP contribution in [0.5, 0.6) is 0 Å². The van der Waals surface area contributed by atoms with E-state index in [4.69, 9.17) is 10.5 Å². The molecule has 1 aromatic heterocycles. The number of hydrogen-bond donors (Lipinski definition) is 1. The third kappa shape index (κ3) is 1.63. The second-order valence-corrected chi connectivity index (χ2v) is 5.29. The average molecular weight is 234 g/mol. The van der Waals surface area contributed by atoms with E-state index in [0.29, 0.717) is 0 Å². The van der Waals surface area contributed by atoms with Gasteiger partial charge in [0.15, 0.2) is 0 Å². The number of ether oxygens (including phenoxy) is 1. The summed E-state index contributed by atoms with van der Waals surface area (Å²) in [5.41, 5.74) is 7.19. The summed E-state index contributed by atoms with van der Waals surface area (Å²) in [7, 11) is 0. The quantitative estimate of drug-likeness (QED) is 0.823. The molecule has 0 amide bonds. The molecule has 4 heteroatoms. The van der Waals surface area contributed by atoms with Gasteiger partial charge in [0.1, 0.15) is 5.01 Å². The van der Waals surface area contributed by atoms with Crippen LogP contribution in [0.4, 0.5) is 0 Å². The smallest absolute Gasteiger partial charge is 0.114 e. The average Bonchev–Trinajstić information content (AvgIpc) is 2.74. The van der Waals surface area contributed by atoms with E-state index in [9.17, 15) is 0 Å². The summed E-state index contributed by atoms with van der Waals surface area (Å²) >= 11 is 1.71. The van der Waals surface area contributed by atoms with Gasteiger partial charge >= 0.3 is 0 Å². The summed E-state index contributed by atoms with van der Waals surface area (Å²) in [6, 6.07) is 8.19. The Morgan fingerprint density at radius 2 is 2.00 bits per heavy atom. The third-order valence-corrected chi connectivity index (χ3v) is 4.36.